The highest BCUT2D eigenvalue weighted by Crippen LogP contribution is 2.29. The lowest BCUT2D eigenvalue weighted by Gasteiger charge is -2.09. The van der Waals surface area contributed by atoms with Gasteiger partial charge in [0.1, 0.15) is 0 Å². The van der Waals surface area contributed by atoms with Crippen LogP contribution in [0.3, 0.4) is 0 Å². The minimum atomic E-state index is 0.159. The van der Waals surface area contributed by atoms with Crippen molar-refractivity contribution in [1.29, 1.82) is 0 Å². The molecule has 0 radical (unpaired) electrons. The van der Waals surface area contributed by atoms with Crippen LogP contribution in [0, 0.1) is 5.92 Å². The van der Waals surface area contributed by atoms with Gasteiger partial charge in [-0.3, -0.25) is 4.79 Å². The Hall–Kier alpha value is -1.06. The van der Waals surface area contributed by atoms with E-state index in [1.54, 1.807) is 0 Å². The molecule has 0 aromatic heterocycles. The first kappa shape index (κ1) is 13.4. The summed E-state index contributed by atoms with van der Waals surface area (Å²) >= 11 is 6.14. The second-order valence-electron chi connectivity index (χ2n) is 4.77. The Balaban J connectivity index is 1.94. The number of amides is 1. The van der Waals surface area contributed by atoms with E-state index in [0.29, 0.717) is 6.54 Å². The number of hydrogen-bond donors (Lipinski definition) is 2. The van der Waals surface area contributed by atoms with Crippen molar-refractivity contribution in [2.45, 2.75) is 25.8 Å². The quantitative estimate of drug-likeness (QED) is 0.828. The molecule has 1 aliphatic rings. The molecule has 4 heteroatoms. The summed E-state index contributed by atoms with van der Waals surface area (Å²) in [5.41, 5.74) is 2.24. The number of benzene rings is 1. The van der Waals surface area contributed by atoms with Gasteiger partial charge in [-0.05, 0) is 50.0 Å². The molecular formula is C14H19ClN2O. The summed E-state index contributed by atoms with van der Waals surface area (Å²) in [7, 11) is 1.94. The van der Waals surface area contributed by atoms with Gasteiger partial charge in [0.25, 0.3) is 0 Å². The second kappa shape index (κ2) is 6.21. The summed E-state index contributed by atoms with van der Waals surface area (Å²) in [4.78, 5) is 11.6. The average Bonchev–Trinajstić information content (AvgIpc) is 3.20. The Bertz CT molecular complexity index is 430. The summed E-state index contributed by atoms with van der Waals surface area (Å²) in [6.07, 6.45) is 3.03. The van der Waals surface area contributed by atoms with Crippen LogP contribution in [0.15, 0.2) is 18.2 Å². The first-order valence-corrected chi connectivity index (χ1v) is 6.78. The topological polar surface area (TPSA) is 41.1 Å². The highest BCUT2D eigenvalue weighted by atomic mass is 35.5. The molecule has 0 atom stereocenters. The van der Waals surface area contributed by atoms with E-state index in [9.17, 15) is 4.79 Å². The molecular weight excluding hydrogens is 248 g/mol. The zero-order chi connectivity index (χ0) is 13.0. The molecule has 1 aromatic rings. The monoisotopic (exact) mass is 266 g/mol. The molecule has 3 nitrogen and oxygen atoms in total. The minimum Gasteiger partial charge on any atom is -0.352 e. The van der Waals surface area contributed by atoms with Crippen molar-refractivity contribution in [2.24, 2.45) is 5.92 Å². The van der Waals surface area contributed by atoms with E-state index in [2.05, 4.69) is 16.7 Å². The van der Waals surface area contributed by atoms with Crippen LogP contribution in [-0.4, -0.2) is 19.5 Å². The molecule has 1 aromatic carbocycles. The molecule has 1 aliphatic carbocycles. The number of carbonyl (C=O) groups is 1. The van der Waals surface area contributed by atoms with Gasteiger partial charge in [-0.25, -0.2) is 0 Å². The third kappa shape index (κ3) is 3.72. The SMILES string of the molecule is CNCCc1ccc(Cl)c(CNC(=O)C2CC2)c1. The van der Waals surface area contributed by atoms with Crippen molar-refractivity contribution in [1.82, 2.24) is 10.6 Å². The number of rotatable bonds is 6. The highest BCUT2D eigenvalue weighted by molar-refractivity contribution is 6.31. The van der Waals surface area contributed by atoms with Crippen molar-refractivity contribution in [3.8, 4) is 0 Å². The first-order valence-electron chi connectivity index (χ1n) is 6.40. The van der Waals surface area contributed by atoms with Crippen LogP contribution in [0.25, 0.3) is 0 Å². The predicted octanol–water partition coefficient (Wildman–Crippen LogP) is 2.13. The summed E-state index contributed by atoms with van der Waals surface area (Å²) in [5, 5.41) is 6.79. The van der Waals surface area contributed by atoms with Crippen LogP contribution in [0.4, 0.5) is 0 Å². The van der Waals surface area contributed by atoms with Crippen LogP contribution in [0.5, 0.6) is 0 Å². The van der Waals surface area contributed by atoms with Crippen LogP contribution in [0.2, 0.25) is 5.02 Å². The second-order valence-corrected chi connectivity index (χ2v) is 5.18. The summed E-state index contributed by atoms with van der Waals surface area (Å²) in [6, 6.07) is 6.02. The van der Waals surface area contributed by atoms with Gasteiger partial charge in [0.2, 0.25) is 5.91 Å². The largest absolute Gasteiger partial charge is 0.352 e. The lowest BCUT2D eigenvalue weighted by atomic mass is 10.1. The molecule has 0 heterocycles. The van der Waals surface area contributed by atoms with Gasteiger partial charge in [0.05, 0.1) is 0 Å². The summed E-state index contributed by atoms with van der Waals surface area (Å²) in [6.45, 7) is 1.47. The third-order valence-electron chi connectivity index (χ3n) is 3.18. The standard InChI is InChI=1S/C14H19ClN2O/c1-16-7-6-10-2-5-13(15)12(8-10)9-17-14(18)11-3-4-11/h2,5,8,11,16H,3-4,6-7,9H2,1H3,(H,17,18). The summed E-state index contributed by atoms with van der Waals surface area (Å²) in [5.74, 6) is 0.406. The molecule has 1 saturated carbocycles. The number of halogens is 1. The van der Waals surface area contributed by atoms with Gasteiger partial charge >= 0.3 is 0 Å². The van der Waals surface area contributed by atoms with Crippen molar-refractivity contribution in [2.75, 3.05) is 13.6 Å². The van der Waals surface area contributed by atoms with E-state index in [0.717, 1.165) is 36.4 Å². The van der Waals surface area contributed by atoms with Gasteiger partial charge in [0, 0.05) is 17.5 Å². The number of hydrogen-bond acceptors (Lipinski definition) is 2. The van der Waals surface area contributed by atoms with Crippen LogP contribution in [0.1, 0.15) is 24.0 Å². The van der Waals surface area contributed by atoms with E-state index in [1.807, 2.05) is 19.2 Å². The van der Waals surface area contributed by atoms with Gasteiger partial charge < -0.3 is 10.6 Å². The predicted molar refractivity (Wildman–Crippen MR) is 73.7 cm³/mol. The molecule has 1 amide bonds. The minimum absolute atomic E-state index is 0.159. The van der Waals surface area contributed by atoms with E-state index in [1.165, 1.54) is 5.56 Å². The van der Waals surface area contributed by atoms with Gasteiger partial charge in [-0.2, -0.15) is 0 Å². The van der Waals surface area contributed by atoms with Crippen LogP contribution in [-0.2, 0) is 17.8 Å². The molecule has 0 unspecified atom stereocenters. The molecule has 0 bridgehead atoms. The fourth-order valence-electron chi connectivity index (χ4n) is 1.86. The maximum absolute atomic E-state index is 11.6. The normalized spacial score (nSPS) is 14.6. The lowest BCUT2D eigenvalue weighted by Crippen LogP contribution is -2.24. The van der Waals surface area contributed by atoms with E-state index < -0.39 is 0 Å². The Morgan fingerprint density at radius 1 is 1.44 bits per heavy atom. The van der Waals surface area contributed by atoms with E-state index in [-0.39, 0.29) is 11.8 Å². The highest BCUT2D eigenvalue weighted by Gasteiger charge is 2.29. The molecule has 0 aliphatic heterocycles. The Kier molecular flexibility index (Phi) is 4.61. The van der Waals surface area contributed by atoms with Gasteiger partial charge in [-0.15, -0.1) is 0 Å². The van der Waals surface area contributed by atoms with E-state index in [4.69, 9.17) is 11.6 Å². The Morgan fingerprint density at radius 2 is 2.22 bits per heavy atom. The van der Waals surface area contributed by atoms with Crippen molar-refractivity contribution < 1.29 is 4.79 Å². The maximum atomic E-state index is 11.6. The molecule has 98 valence electrons. The molecule has 0 spiro atoms. The fraction of sp³-hybridized carbons (Fsp3) is 0.500. The Labute approximate surface area is 113 Å². The molecule has 18 heavy (non-hydrogen) atoms. The zero-order valence-corrected chi connectivity index (χ0v) is 11.4. The van der Waals surface area contributed by atoms with Crippen molar-refractivity contribution in [3.05, 3.63) is 34.3 Å². The number of nitrogens with one attached hydrogen (secondary N) is 2. The average molecular weight is 267 g/mol. The van der Waals surface area contributed by atoms with Gasteiger partial charge in [0.15, 0.2) is 0 Å². The van der Waals surface area contributed by atoms with Crippen molar-refractivity contribution >= 4 is 17.5 Å². The molecule has 2 N–H and O–H groups in total. The molecule has 0 saturated heterocycles. The van der Waals surface area contributed by atoms with Crippen LogP contribution < -0.4 is 10.6 Å². The lowest BCUT2D eigenvalue weighted by molar-refractivity contribution is -0.122. The summed E-state index contributed by atoms with van der Waals surface area (Å²) < 4.78 is 0. The van der Waals surface area contributed by atoms with E-state index >= 15 is 0 Å². The Morgan fingerprint density at radius 3 is 2.89 bits per heavy atom. The third-order valence-corrected chi connectivity index (χ3v) is 3.54. The smallest absolute Gasteiger partial charge is 0.223 e. The number of likely N-dealkylation sites (N-methyl/N-ethyl adjacent to an activating group) is 1. The van der Waals surface area contributed by atoms with Gasteiger partial charge in [-0.1, -0.05) is 23.7 Å². The maximum Gasteiger partial charge on any atom is 0.223 e. The van der Waals surface area contributed by atoms with Crippen molar-refractivity contribution in [3.63, 3.8) is 0 Å². The first-order chi connectivity index (χ1) is 8.70. The van der Waals surface area contributed by atoms with Crippen LogP contribution >= 0.6 is 11.6 Å². The zero-order valence-electron chi connectivity index (χ0n) is 10.6. The molecule has 2 rings (SSSR count). The molecule has 1 fully saturated rings. The number of carbonyl (C=O) groups excluding carboxylic acids is 1. The fourth-order valence-corrected chi connectivity index (χ4v) is 2.04.